The first-order valence-corrected chi connectivity index (χ1v) is 28.9. The van der Waals surface area contributed by atoms with Gasteiger partial charge in [0.15, 0.2) is 0 Å². The van der Waals surface area contributed by atoms with Crippen molar-refractivity contribution in [2.45, 2.75) is 0 Å². The van der Waals surface area contributed by atoms with E-state index in [1.807, 2.05) is 0 Å². The molecule has 0 amide bonds. The topological polar surface area (TPSA) is 36.9 Å². The molecule has 4 aromatic rings. The van der Waals surface area contributed by atoms with Crippen LogP contribution in [-0.2, 0) is 0 Å². The largest absolute Gasteiger partial charge is 0.967 e. The van der Waals surface area contributed by atoms with Crippen molar-refractivity contribution in [2.75, 3.05) is 0 Å². The Hall–Kier alpha value is 5.90. The van der Waals surface area contributed by atoms with Crippen LogP contribution in [-0.4, -0.2) is 9.05 Å². The number of hydrogen-bond acceptors (Lipinski definition) is 4. The van der Waals surface area contributed by atoms with Crippen LogP contribution in [0.25, 0.3) is 0 Å². The monoisotopic (exact) mass is 1960 g/mol. The summed E-state index contributed by atoms with van der Waals surface area (Å²) in [5.41, 5.74) is 0. The van der Waals surface area contributed by atoms with E-state index in [1.165, 1.54) is 0 Å². The van der Waals surface area contributed by atoms with E-state index < -0.39 is 9.05 Å². The highest BCUT2D eigenvalue weighted by Crippen LogP contribution is 2.56. The molecule has 0 aliphatic carbocycles. The van der Waals surface area contributed by atoms with Gasteiger partial charge in [-0.3, -0.25) is 0 Å². The van der Waals surface area contributed by atoms with E-state index in [-0.39, 0.29) is 23.0 Å². The van der Waals surface area contributed by atoms with Crippen molar-refractivity contribution in [2.24, 2.45) is 0 Å². The van der Waals surface area contributed by atoms with Crippen molar-refractivity contribution in [1.82, 2.24) is 0 Å². The zero-order valence-corrected chi connectivity index (χ0v) is 54.4. The Morgan fingerprint density at radius 2 is 0.286 bits per heavy atom. The second-order valence-corrected chi connectivity index (χ2v) is 26.2. The molecule has 0 bridgehead atoms. The molecule has 0 atom stereocenters. The number of rotatable bonds is 8. The molecule has 0 spiro atoms. The standard InChI is InChI=1S/C24Br20O4Si/c25-1-5(29)13(37)21(14(38)6(1)30)45-49(46-22-15(39)7(31)2(26)8(32)16(22)40,47-23-17(41)9(33)3(27)10(34)18(23)42)48-24-19(43)11(35)4(28)12(36)20(24)44. The highest BCUT2D eigenvalue weighted by molar-refractivity contribution is 9.18. The van der Waals surface area contributed by atoms with Gasteiger partial charge in [-0.05, 0) is 319 Å². The summed E-state index contributed by atoms with van der Waals surface area (Å²) in [7, 11) is -4.73. The van der Waals surface area contributed by atoms with Gasteiger partial charge < -0.3 is 17.7 Å². The molecule has 0 unspecified atom stereocenters. The Morgan fingerprint density at radius 3 is 0.408 bits per heavy atom. The normalized spacial score (nSPS) is 11.7. The molecule has 0 aliphatic rings. The third-order valence-electron chi connectivity index (χ3n) is 5.59. The Morgan fingerprint density at radius 1 is 0.184 bits per heavy atom. The fourth-order valence-corrected chi connectivity index (χ4v) is 19.3. The Balaban J connectivity index is 2.21. The quantitative estimate of drug-likeness (QED) is 0.100. The zero-order valence-electron chi connectivity index (χ0n) is 21.7. The van der Waals surface area contributed by atoms with Gasteiger partial charge in [-0.1, -0.05) is 0 Å². The predicted molar refractivity (Wildman–Crippen MR) is 268 cm³/mol. The first-order valence-electron chi connectivity index (χ1n) is 11.4. The van der Waals surface area contributed by atoms with Crippen molar-refractivity contribution in [1.29, 1.82) is 0 Å². The van der Waals surface area contributed by atoms with Crippen LogP contribution in [0.2, 0.25) is 0 Å². The Kier molecular flexibility index (Phi) is 19.0. The highest BCUT2D eigenvalue weighted by atomic mass is 79.9. The highest BCUT2D eigenvalue weighted by Gasteiger charge is 2.61. The molecule has 0 heterocycles. The van der Waals surface area contributed by atoms with Gasteiger partial charge in [-0.25, -0.2) is 0 Å². The van der Waals surface area contributed by atoms with E-state index in [9.17, 15) is 0 Å². The van der Waals surface area contributed by atoms with Gasteiger partial charge in [-0.15, -0.1) is 0 Å². The minimum atomic E-state index is -4.73. The van der Waals surface area contributed by atoms with Crippen LogP contribution >= 0.6 is 319 Å². The van der Waals surface area contributed by atoms with E-state index in [0.29, 0.717) is 71.6 Å². The van der Waals surface area contributed by atoms with E-state index in [4.69, 9.17) is 17.7 Å². The molecule has 0 radical (unpaired) electrons. The van der Waals surface area contributed by atoms with Crippen LogP contribution in [0.3, 0.4) is 0 Å². The summed E-state index contributed by atoms with van der Waals surface area (Å²) < 4.78 is 40.2. The molecule has 0 fully saturated rings. The van der Waals surface area contributed by atoms with Crippen molar-refractivity contribution < 1.29 is 17.7 Å². The average molecular weight is 1980 g/mol. The van der Waals surface area contributed by atoms with Crippen LogP contribution in [0, 0.1) is 0 Å². The molecule has 0 aliphatic heterocycles. The molecule has 0 aromatic heterocycles. The summed E-state index contributed by atoms with van der Waals surface area (Å²) in [6.07, 6.45) is 0. The van der Waals surface area contributed by atoms with Crippen LogP contribution in [0.5, 0.6) is 23.0 Å². The summed E-state index contributed by atoms with van der Waals surface area (Å²) in [6, 6.07) is 0. The van der Waals surface area contributed by atoms with Crippen LogP contribution in [0.4, 0.5) is 0 Å². The van der Waals surface area contributed by atoms with Crippen molar-refractivity contribution in [3.63, 3.8) is 0 Å². The first-order chi connectivity index (χ1) is 22.6. The minimum absolute atomic E-state index is 0.279. The van der Waals surface area contributed by atoms with Gasteiger partial charge in [0.25, 0.3) is 0 Å². The maximum atomic E-state index is 7.00. The van der Waals surface area contributed by atoms with Gasteiger partial charge in [0.2, 0.25) is 0 Å². The number of halogens is 20. The summed E-state index contributed by atoms with van der Waals surface area (Å²) in [5.74, 6) is 1.12. The van der Waals surface area contributed by atoms with Gasteiger partial charge in [0.05, 0.1) is 71.6 Å². The van der Waals surface area contributed by atoms with Gasteiger partial charge in [-0.2, -0.15) is 0 Å². The van der Waals surface area contributed by atoms with Crippen LogP contribution in [0.1, 0.15) is 0 Å². The smallest absolute Gasteiger partial charge is 0.450 e. The maximum Gasteiger partial charge on any atom is 0.967 e. The summed E-state index contributed by atoms with van der Waals surface area (Å²) >= 11 is 73.1. The maximum absolute atomic E-state index is 7.00. The molecule has 25 heteroatoms. The lowest BCUT2D eigenvalue weighted by molar-refractivity contribution is 0.157. The van der Waals surface area contributed by atoms with E-state index >= 15 is 0 Å². The van der Waals surface area contributed by atoms with Crippen LogP contribution in [0.15, 0.2) is 89.5 Å². The molecule has 0 saturated carbocycles. The lowest BCUT2D eigenvalue weighted by atomic mass is 10.3. The number of benzene rings is 4. The SMILES string of the molecule is Brc1c(Br)c(Br)c(O[Si](Oc2c(Br)c(Br)c(Br)c(Br)c2Br)(Oc2c(Br)c(Br)c(Br)c(Br)c2Br)Oc2c(Br)c(Br)c(Br)c(Br)c2Br)c(Br)c1Br. The fourth-order valence-electron chi connectivity index (χ4n) is 3.32. The fraction of sp³-hybridized carbons (Fsp3) is 0. The lowest BCUT2D eigenvalue weighted by Crippen LogP contribution is -2.61. The molecule has 49 heavy (non-hydrogen) atoms. The van der Waals surface area contributed by atoms with Gasteiger partial charge in [0, 0.05) is 17.9 Å². The van der Waals surface area contributed by atoms with Crippen LogP contribution < -0.4 is 17.7 Å². The minimum Gasteiger partial charge on any atom is -0.450 e. The lowest BCUT2D eigenvalue weighted by Gasteiger charge is -2.32. The summed E-state index contributed by atoms with van der Waals surface area (Å²) in [5, 5.41) is 0. The molecule has 4 nitrogen and oxygen atoms in total. The number of hydrogen-bond donors (Lipinski definition) is 0. The Labute approximate surface area is 448 Å². The first kappa shape index (κ1) is 47.6. The predicted octanol–water partition coefficient (Wildman–Crippen LogP) is 21.0. The van der Waals surface area contributed by atoms with E-state index in [0.717, 1.165) is 17.9 Å². The average Bonchev–Trinajstić information content (AvgIpc) is 3.08. The van der Waals surface area contributed by atoms with Crippen molar-refractivity contribution in [3.05, 3.63) is 89.5 Å². The molecule has 4 rings (SSSR count). The van der Waals surface area contributed by atoms with Gasteiger partial charge >= 0.3 is 9.05 Å². The summed E-state index contributed by atoms with van der Waals surface area (Å²) in [4.78, 5) is 0. The zero-order chi connectivity index (χ0) is 37.2. The third kappa shape index (κ3) is 9.77. The van der Waals surface area contributed by atoms with E-state index in [1.54, 1.807) is 0 Å². The molecule has 0 saturated heterocycles. The van der Waals surface area contributed by atoms with Crippen molar-refractivity contribution in [3.8, 4) is 23.0 Å². The second kappa shape index (κ2) is 19.5. The van der Waals surface area contributed by atoms with E-state index in [2.05, 4.69) is 319 Å². The summed E-state index contributed by atoms with van der Waals surface area (Å²) in [6.45, 7) is 0. The molecule has 4 aromatic carbocycles. The molecular weight excluding hydrogens is 1980 g/mol. The molecule has 0 N–H and O–H groups in total. The molecule has 264 valence electrons. The van der Waals surface area contributed by atoms with Gasteiger partial charge in [0.1, 0.15) is 23.0 Å². The molecular formula is C24Br20O4Si. The second-order valence-electron chi connectivity index (χ2n) is 8.50. The van der Waals surface area contributed by atoms with Crippen molar-refractivity contribution >= 4 is 328 Å². The Bertz CT molecular complexity index is 1650. The third-order valence-corrected chi connectivity index (χ3v) is 31.5.